The van der Waals surface area contributed by atoms with Gasteiger partial charge in [0.25, 0.3) is 0 Å². The number of nitrogens with one attached hydrogen (secondary N) is 1. The highest BCUT2D eigenvalue weighted by Gasteiger charge is 2.04. The second kappa shape index (κ2) is 10.3. The van der Waals surface area contributed by atoms with Crippen LogP contribution in [0.15, 0.2) is 48.5 Å². The number of ether oxygens (including phenoxy) is 1. The minimum Gasteiger partial charge on any atom is -0.489 e. The van der Waals surface area contributed by atoms with Crippen molar-refractivity contribution in [2.45, 2.75) is 27.0 Å². The monoisotopic (exact) mass is 346 g/mol. The van der Waals surface area contributed by atoms with Gasteiger partial charge in [0.15, 0.2) is 0 Å². The van der Waals surface area contributed by atoms with Gasteiger partial charge < -0.3 is 15.0 Å². The zero-order valence-electron chi connectivity index (χ0n) is 14.6. The molecule has 1 N–H and O–H groups in total. The number of likely N-dealkylation sites (N-methyl/N-ethyl adjacent to an activating group) is 1. The SMILES string of the molecule is CCN(CC)CCNCc1ccccc1OCc1ccc(Cl)cc1. The van der Waals surface area contributed by atoms with E-state index in [-0.39, 0.29) is 0 Å². The van der Waals surface area contributed by atoms with E-state index in [0.29, 0.717) is 6.61 Å². The maximum absolute atomic E-state index is 5.99. The van der Waals surface area contributed by atoms with Crippen LogP contribution in [0.5, 0.6) is 5.75 Å². The van der Waals surface area contributed by atoms with Crippen molar-refractivity contribution in [3.63, 3.8) is 0 Å². The number of para-hydroxylation sites is 1. The van der Waals surface area contributed by atoms with Gasteiger partial charge in [0.2, 0.25) is 0 Å². The summed E-state index contributed by atoms with van der Waals surface area (Å²) in [4.78, 5) is 2.41. The third-order valence-corrected chi connectivity index (χ3v) is 4.35. The lowest BCUT2D eigenvalue weighted by molar-refractivity contribution is 0.296. The van der Waals surface area contributed by atoms with Crippen LogP contribution in [0, 0.1) is 0 Å². The van der Waals surface area contributed by atoms with Gasteiger partial charge in [-0.2, -0.15) is 0 Å². The van der Waals surface area contributed by atoms with Gasteiger partial charge in [0.05, 0.1) is 0 Å². The Morgan fingerprint density at radius 3 is 2.42 bits per heavy atom. The molecule has 0 saturated heterocycles. The molecule has 0 aliphatic heterocycles. The highest BCUT2D eigenvalue weighted by molar-refractivity contribution is 6.30. The van der Waals surface area contributed by atoms with Gasteiger partial charge in [-0.3, -0.25) is 0 Å². The third kappa shape index (κ3) is 6.16. The maximum Gasteiger partial charge on any atom is 0.124 e. The van der Waals surface area contributed by atoms with Crippen molar-refractivity contribution in [2.24, 2.45) is 0 Å². The Bertz CT molecular complexity index is 597. The predicted molar refractivity (Wildman–Crippen MR) is 102 cm³/mol. The molecule has 0 aromatic heterocycles. The Morgan fingerprint density at radius 2 is 1.71 bits per heavy atom. The van der Waals surface area contributed by atoms with E-state index in [9.17, 15) is 0 Å². The molecule has 0 bridgehead atoms. The largest absolute Gasteiger partial charge is 0.489 e. The number of benzene rings is 2. The van der Waals surface area contributed by atoms with E-state index < -0.39 is 0 Å². The molecule has 0 fully saturated rings. The Morgan fingerprint density at radius 1 is 1.00 bits per heavy atom. The summed E-state index contributed by atoms with van der Waals surface area (Å²) < 4.78 is 5.99. The molecule has 2 aromatic rings. The Kier molecular flexibility index (Phi) is 8.10. The molecule has 0 spiro atoms. The summed E-state index contributed by atoms with van der Waals surface area (Å²) >= 11 is 5.92. The van der Waals surface area contributed by atoms with Crippen molar-refractivity contribution in [1.82, 2.24) is 10.2 Å². The number of halogens is 1. The zero-order valence-corrected chi connectivity index (χ0v) is 15.4. The Labute approximate surface area is 150 Å². The molecule has 0 unspecified atom stereocenters. The Hall–Kier alpha value is -1.55. The molecule has 4 heteroatoms. The lowest BCUT2D eigenvalue weighted by Crippen LogP contribution is -2.31. The third-order valence-electron chi connectivity index (χ3n) is 4.09. The van der Waals surface area contributed by atoms with Crippen molar-refractivity contribution in [3.8, 4) is 5.75 Å². The van der Waals surface area contributed by atoms with Crippen LogP contribution in [0.3, 0.4) is 0 Å². The molecule has 0 saturated carbocycles. The number of nitrogens with zero attached hydrogens (tertiary/aromatic N) is 1. The van der Waals surface area contributed by atoms with E-state index in [1.807, 2.05) is 36.4 Å². The lowest BCUT2D eigenvalue weighted by Gasteiger charge is -2.18. The summed E-state index contributed by atoms with van der Waals surface area (Å²) in [6.45, 7) is 10.0. The first-order valence-corrected chi connectivity index (χ1v) is 8.99. The summed E-state index contributed by atoms with van der Waals surface area (Å²) in [6, 6.07) is 16.0. The van der Waals surface area contributed by atoms with E-state index in [1.54, 1.807) is 0 Å². The van der Waals surface area contributed by atoms with E-state index in [1.165, 1.54) is 5.56 Å². The minimum absolute atomic E-state index is 0.549. The Balaban J connectivity index is 1.84. The van der Waals surface area contributed by atoms with E-state index in [0.717, 1.165) is 49.1 Å². The first kappa shape index (κ1) is 18.8. The molecule has 0 aliphatic carbocycles. The minimum atomic E-state index is 0.549. The van der Waals surface area contributed by atoms with Crippen molar-refractivity contribution >= 4 is 11.6 Å². The van der Waals surface area contributed by atoms with Crippen LogP contribution in [-0.4, -0.2) is 31.1 Å². The van der Waals surface area contributed by atoms with Gasteiger partial charge >= 0.3 is 0 Å². The molecule has 0 atom stereocenters. The predicted octanol–water partition coefficient (Wildman–Crippen LogP) is 4.35. The van der Waals surface area contributed by atoms with Crippen LogP contribution in [0.4, 0.5) is 0 Å². The van der Waals surface area contributed by atoms with Gasteiger partial charge in [0, 0.05) is 30.2 Å². The van der Waals surface area contributed by atoms with Crippen molar-refractivity contribution < 1.29 is 4.74 Å². The first-order chi connectivity index (χ1) is 11.7. The number of hydrogen-bond donors (Lipinski definition) is 1. The van der Waals surface area contributed by atoms with Crippen LogP contribution in [0.1, 0.15) is 25.0 Å². The van der Waals surface area contributed by atoms with Crippen molar-refractivity contribution in [2.75, 3.05) is 26.2 Å². The average Bonchev–Trinajstić information content (AvgIpc) is 2.62. The summed E-state index contributed by atoms with van der Waals surface area (Å²) in [5, 5.41) is 4.25. The second-order valence-electron chi connectivity index (χ2n) is 5.73. The van der Waals surface area contributed by atoms with Crippen LogP contribution in [0.2, 0.25) is 5.02 Å². The van der Waals surface area contributed by atoms with Gasteiger partial charge in [-0.05, 0) is 36.9 Å². The van der Waals surface area contributed by atoms with Gasteiger partial charge in [0.1, 0.15) is 12.4 Å². The van der Waals surface area contributed by atoms with Crippen LogP contribution < -0.4 is 10.1 Å². The van der Waals surface area contributed by atoms with Crippen LogP contribution >= 0.6 is 11.6 Å². The van der Waals surface area contributed by atoms with Crippen LogP contribution in [-0.2, 0) is 13.2 Å². The van der Waals surface area contributed by atoms with Crippen molar-refractivity contribution in [3.05, 3.63) is 64.7 Å². The van der Waals surface area contributed by atoms with Gasteiger partial charge in [-0.25, -0.2) is 0 Å². The lowest BCUT2D eigenvalue weighted by atomic mass is 10.2. The van der Waals surface area contributed by atoms with Crippen molar-refractivity contribution in [1.29, 1.82) is 0 Å². The summed E-state index contributed by atoms with van der Waals surface area (Å²) in [6.07, 6.45) is 0. The molecule has 24 heavy (non-hydrogen) atoms. The fourth-order valence-corrected chi connectivity index (χ4v) is 2.66. The summed E-state index contributed by atoms with van der Waals surface area (Å²) in [7, 11) is 0. The highest BCUT2D eigenvalue weighted by atomic mass is 35.5. The van der Waals surface area contributed by atoms with E-state index >= 15 is 0 Å². The van der Waals surface area contributed by atoms with E-state index in [2.05, 4.69) is 36.2 Å². The van der Waals surface area contributed by atoms with Gasteiger partial charge in [-0.1, -0.05) is 55.8 Å². The topological polar surface area (TPSA) is 24.5 Å². The molecule has 0 aliphatic rings. The summed E-state index contributed by atoms with van der Waals surface area (Å²) in [5.74, 6) is 0.933. The van der Waals surface area contributed by atoms with E-state index in [4.69, 9.17) is 16.3 Å². The molecular formula is C20H27ClN2O. The molecule has 0 amide bonds. The average molecular weight is 347 g/mol. The molecule has 0 heterocycles. The molecule has 0 radical (unpaired) electrons. The normalized spacial score (nSPS) is 11.0. The highest BCUT2D eigenvalue weighted by Crippen LogP contribution is 2.19. The van der Waals surface area contributed by atoms with Crippen LogP contribution in [0.25, 0.3) is 0 Å². The smallest absolute Gasteiger partial charge is 0.124 e. The molecule has 2 aromatic carbocycles. The standard InChI is InChI=1S/C20H27ClN2O/c1-3-23(4-2)14-13-22-15-18-7-5-6-8-20(18)24-16-17-9-11-19(21)12-10-17/h5-12,22H,3-4,13-16H2,1-2H3. The fraction of sp³-hybridized carbons (Fsp3) is 0.400. The molecule has 2 rings (SSSR count). The number of rotatable bonds is 10. The summed E-state index contributed by atoms with van der Waals surface area (Å²) in [5.41, 5.74) is 2.30. The second-order valence-corrected chi connectivity index (χ2v) is 6.16. The fourth-order valence-electron chi connectivity index (χ4n) is 2.53. The molecular weight excluding hydrogens is 320 g/mol. The zero-order chi connectivity index (χ0) is 17.2. The number of hydrogen-bond acceptors (Lipinski definition) is 3. The maximum atomic E-state index is 5.99. The van der Waals surface area contributed by atoms with Gasteiger partial charge in [-0.15, -0.1) is 0 Å². The first-order valence-electron chi connectivity index (χ1n) is 8.61. The molecule has 130 valence electrons. The quantitative estimate of drug-likeness (QED) is 0.647. The molecule has 3 nitrogen and oxygen atoms in total.